The molecular formula is C16H18N2O2. The summed E-state index contributed by atoms with van der Waals surface area (Å²) < 4.78 is 0. The normalized spacial score (nSPS) is 10.3. The number of nitrogens with one attached hydrogen (secondary N) is 1. The van der Waals surface area contributed by atoms with Crippen molar-refractivity contribution in [1.29, 1.82) is 0 Å². The first-order chi connectivity index (χ1) is 9.45. The number of anilines is 1. The summed E-state index contributed by atoms with van der Waals surface area (Å²) in [7, 11) is 0. The van der Waals surface area contributed by atoms with E-state index < -0.39 is 0 Å². The van der Waals surface area contributed by atoms with Crippen molar-refractivity contribution >= 4 is 11.4 Å². The minimum absolute atomic E-state index is 0.124. The minimum atomic E-state index is -0.374. The van der Waals surface area contributed by atoms with Gasteiger partial charge in [-0.3, -0.25) is 10.1 Å². The number of aryl methyl sites for hydroxylation is 3. The Labute approximate surface area is 118 Å². The molecule has 0 spiro atoms. The van der Waals surface area contributed by atoms with Gasteiger partial charge in [0, 0.05) is 24.4 Å². The fraction of sp³-hybridized carbons (Fsp3) is 0.250. The van der Waals surface area contributed by atoms with Crippen LogP contribution in [-0.2, 0) is 6.54 Å². The Morgan fingerprint density at radius 1 is 1.05 bits per heavy atom. The number of nitrogens with zero attached hydrogens (tertiary/aromatic N) is 1. The molecule has 104 valence electrons. The standard InChI is InChI=1S/C16H18N2O2/c1-11-6-12(2)8-14(7-11)10-17-16-5-4-15(18(19)20)9-13(16)3/h4-9,17H,10H2,1-3H3. The lowest BCUT2D eigenvalue weighted by Crippen LogP contribution is -2.02. The van der Waals surface area contributed by atoms with Crippen molar-refractivity contribution in [3.8, 4) is 0 Å². The van der Waals surface area contributed by atoms with E-state index in [0.717, 1.165) is 11.3 Å². The molecule has 0 heterocycles. The summed E-state index contributed by atoms with van der Waals surface area (Å²) in [5.41, 5.74) is 5.61. The maximum Gasteiger partial charge on any atom is 0.269 e. The molecule has 2 rings (SSSR count). The summed E-state index contributed by atoms with van der Waals surface area (Å²) in [5.74, 6) is 0. The van der Waals surface area contributed by atoms with E-state index in [2.05, 4.69) is 37.4 Å². The summed E-state index contributed by atoms with van der Waals surface area (Å²) in [6.07, 6.45) is 0. The predicted octanol–water partition coefficient (Wildman–Crippen LogP) is 4.13. The van der Waals surface area contributed by atoms with E-state index in [4.69, 9.17) is 0 Å². The molecule has 1 N–H and O–H groups in total. The fourth-order valence-corrected chi connectivity index (χ4v) is 2.33. The summed E-state index contributed by atoms with van der Waals surface area (Å²) in [6.45, 7) is 6.74. The zero-order valence-corrected chi connectivity index (χ0v) is 11.9. The van der Waals surface area contributed by atoms with Crippen LogP contribution in [0.15, 0.2) is 36.4 Å². The monoisotopic (exact) mass is 270 g/mol. The Morgan fingerprint density at radius 3 is 2.25 bits per heavy atom. The lowest BCUT2D eigenvalue weighted by molar-refractivity contribution is -0.384. The Balaban J connectivity index is 2.12. The van der Waals surface area contributed by atoms with Crippen molar-refractivity contribution in [3.05, 3.63) is 68.8 Å². The average molecular weight is 270 g/mol. The summed E-state index contributed by atoms with van der Waals surface area (Å²) in [4.78, 5) is 10.3. The molecule has 0 aliphatic heterocycles. The second kappa shape index (κ2) is 5.74. The number of benzene rings is 2. The van der Waals surface area contributed by atoms with Crippen LogP contribution < -0.4 is 5.32 Å². The van der Waals surface area contributed by atoms with Gasteiger partial charge in [0.05, 0.1) is 4.92 Å². The molecule has 0 radical (unpaired) electrons. The molecule has 0 unspecified atom stereocenters. The lowest BCUT2D eigenvalue weighted by Gasteiger charge is -2.10. The van der Waals surface area contributed by atoms with Crippen LogP contribution in [0.3, 0.4) is 0 Å². The number of hydrogen-bond donors (Lipinski definition) is 1. The van der Waals surface area contributed by atoms with Crippen molar-refractivity contribution in [2.45, 2.75) is 27.3 Å². The quantitative estimate of drug-likeness (QED) is 0.671. The highest BCUT2D eigenvalue weighted by Gasteiger charge is 2.07. The van der Waals surface area contributed by atoms with Crippen LogP contribution in [0.4, 0.5) is 11.4 Å². The van der Waals surface area contributed by atoms with E-state index >= 15 is 0 Å². The Hall–Kier alpha value is -2.36. The molecule has 0 aromatic heterocycles. The van der Waals surface area contributed by atoms with Gasteiger partial charge in [0.25, 0.3) is 5.69 Å². The highest BCUT2D eigenvalue weighted by atomic mass is 16.6. The average Bonchev–Trinajstić information content (AvgIpc) is 2.36. The van der Waals surface area contributed by atoms with Gasteiger partial charge in [-0.25, -0.2) is 0 Å². The molecule has 0 saturated carbocycles. The maximum absolute atomic E-state index is 10.7. The van der Waals surface area contributed by atoms with E-state index in [1.165, 1.54) is 22.8 Å². The van der Waals surface area contributed by atoms with Gasteiger partial charge in [-0.2, -0.15) is 0 Å². The van der Waals surface area contributed by atoms with Gasteiger partial charge in [0.1, 0.15) is 0 Å². The maximum atomic E-state index is 10.7. The number of nitro benzene ring substituents is 1. The summed E-state index contributed by atoms with van der Waals surface area (Å²) in [6, 6.07) is 11.3. The first-order valence-corrected chi connectivity index (χ1v) is 6.52. The first-order valence-electron chi connectivity index (χ1n) is 6.52. The topological polar surface area (TPSA) is 55.2 Å². The van der Waals surface area contributed by atoms with Crippen LogP contribution in [0.25, 0.3) is 0 Å². The second-order valence-electron chi connectivity index (χ2n) is 5.11. The third-order valence-corrected chi connectivity index (χ3v) is 3.19. The van der Waals surface area contributed by atoms with Crippen LogP contribution in [0, 0.1) is 30.9 Å². The second-order valence-corrected chi connectivity index (χ2v) is 5.11. The van der Waals surface area contributed by atoms with Gasteiger partial charge >= 0.3 is 0 Å². The van der Waals surface area contributed by atoms with Gasteiger partial charge in [-0.05, 0) is 38.0 Å². The minimum Gasteiger partial charge on any atom is -0.381 e. The van der Waals surface area contributed by atoms with E-state index in [1.807, 2.05) is 6.92 Å². The summed E-state index contributed by atoms with van der Waals surface area (Å²) in [5, 5.41) is 14.0. The zero-order valence-electron chi connectivity index (χ0n) is 11.9. The van der Waals surface area contributed by atoms with Crippen molar-refractivity contribution in [2.75, 3.05) is 5.32 Å². The van der Waals surface area contributed by atoms with Crippen LogP contribution in [0.1, 0.15) is 22.3 Å². The third kappa shape index (κ3) is 3.35. The SMILES string of the molecule is Cc1cc(C)cc(CNc2ccc([N+](=O)[O-])cc2C)c1. The molecule has 0 atom stereocenters. The molecule has 0 saturated heterocycles. The fourth-order valence-electron chi connectivity index (χ4n) is 2.33. The van der Waals surface area contributed by atoms with Crippen LogP contribution in [0.5, 0.6) is 0 Å². The van der Waals surface area contributed by atoms with Gasteiger partial charge in [0.2, 0.25) is 0 Å². The molecule has 0 aliphatic rings. The molecule has 4 heteroatoms. The molecule has 2 aromatic carbocycles. The van der Waals surface area contributed by atoms with Gasteiger partial charge in [0.15, 0.2) is 0 Å². The van der Waals surface area contributed by atoms with E-state index in [1.54, 1.807) is 12.1 Å². The van der Waals surface area contributed by atoms with Crippen molar-refractivity contribution in [2.24, 2.45) is 0 Å². The summed E-state index contributed by atoms with van der Waals surface area (Å²) >= 11 is 0. The number of rotatable bonds is 4. The largest absolute Gasteiger partial charge is 0.381 e. The molecule has 2 aromatic rings. The Kier molecular flexibility index (Phi) is 4.03. The van der Waals surface area contributed by atoms with E-state index in [-0.39, 0.29) is 10.6 Å². The highest BCUT2D eigenvalue weighted by Crippen LogP contribution is 2.22. The third-order valence-electron chi connectivity index (χ3n) is 3.19. The smallest absolute Gasteiger partial charge is 0.269 e. The first kappa shape index (κ1) is 14.1. The van der Waals surface area contributed by atoms with Crippen molar-refractivity contribution < 1.29 is 4.92 Å². The predicted molar refractivity (Wildman–Crippen MR) is 81.1 cm³/mol. The molecule has 0 fully saturated rings. The van der Waals surface area contributed by atoms with Crippen LogP contribution in [0.2, 0.25) is 0 Å². The lowest BCUT2D eigenvalue weighted by atomic mass is 10.1. The molecule has 4 nitrogen and oxygen atoms in total. The van der Waals surface area contributed by atoms with Crippen LogP contribution in [-0.4, -0.2) is 4.92 Å². The Morgan fingerprint density at radius 2 is 1.70 bits per heavy atom. The van der Waals surface area contributed by atoms with Gasteiger partial charge in [-0.15, -0.1) is 0 Å². The highest BCUT2D eigenvalue weighted by molar-refractivity contribution is 5.55. The number of non-ortho nitro benzene ring substituents is 1. The molecular weight excluding hydrogens is 252 g/mol. The number of hydrogen-bond acceptors (Lipinski definition) is 3. The van der Waals surface area contributed by atoms with Crippen molar-refractivity contribution in [3.63, 3.8) is 0 Å². The zero-order chi connectivity index (χ0) is 14.7. The number of nitro groups is 1. The van der Waals surface area contributed by atoms with E-state index in [0.29, 0.717) is 6.54 Å². The van der Waals surface area contributed by atoms with Crippen molar-refractivity contribution in [1.82, 2.24) is 0 Å². The van der Waals surface area contributed by atoms with Gasteiger partial charge < -0.3 is 5.32 Å². The molecule has 0 amide bonds. The van der Waals surface area contributed by atoms with Crippen LogP contribution >= 0.6 is 0 Å². The molecule has 20 heavy (non-hydrogen) atoms. The Bertz CT molecular complexity index is 631. The van der Waals surface area contributed by atoms with Gasteiger partial charge in [-0.1, -0.05) is 29.3 Å². The molecule has 0 aliphatic carbocycles. The van der Waals surface area contributed by atoms with E-state index in [9.17, 15) is 10.1 Å². The molecule has 0 bridgehead atoms.